The summed E-state index contributed by atoms with van der Waals surface area (Å²) in [5, 5.41) is 23.2. The number of nitrogen functional groups attached to an aromatic ring is 1. The van der Waals surface area contributed by atoms with Gasteiger partial charge in [0.1, 0.15) is 12.4 Å². The molecule has 0 spiro atoms. The number of aliphatic hydroxyl groups excluding tert-OH is 2. The number of aromatic nitrogens is 4. The zero-order valence-corrected chi connectivity index (χ0v) is 10.4. The number of hydrogen-bond donors (Lipinski definition) is 3. The van der Waals surface area contributed by atoms with E-state index in [1.54, 1.807) is 0 Å². The van der Waals surface area contributed by atoms with Crippen LogP contribution in [0.15, 0.2) is 12.5 Å². The first-order valence-corrected chi connectivity index (χ1v) is 5.98. The normalized spacial score (nSPS) is 29.9. The quantitative estimate of drug-likeness (QED) is 0.575. The van der Waals surface area contributed by atoms with E-state index >= 15 is 0 Å². The van der Waals surface area contributed by atoms with Crippen LogP contribution >= 0.6 is 0 Å². The Morgan fingerprint density at radius 3 is 3.05 bits per heavy atom. The molecule has 0 amide bonds. The van der Waals surface area contributed by atoms with Crippen molar-refractivity contribution in [2.24, 2.45) is 0 Å². The molecule has 3 atom stereocenters. The fraction of sp³-hybridized carbons (Fsp3) is 0.455. The minimum Gasteiger partial charge on any atom is -0.393 e. The first-order valence-electron chi connectivity index (χ1n) is 5.98. The molecule has 106 valence electrons. The zero-order valence-electron chi connectivity index (χ0n) is 10.4. The standard InChI is InChI=1S/C11H13N5O4/c12-9-10-13-2-6(16(10)15-5-14-9)7-1-8(19)11(3-17,4-18)20-7/h2-3,5,7-8,18-19H,1,4H2,(H2,12,14,15)/t7-,8+,11-/m1/s1. The Morgan fingerprint density at radius 1 is 1.60 bits per heavy atom. The second-order valence-electron chi connectivity index (χ2n) is 4.65. The molecule has 0 aromatic carbocycles. The lowest BCUT2D eigenvalue weighted by molar-refractivity contribution is -0.146. The number of nitrogens with zero attached hydrogens (tertiary/aromatic N) is 4. The molecule has 2 aromatic rings. The summed E-state index contributed by atoms with van der Waals surface area (Å²) < 4.78 is 6.96. The van der Waals surface area contributed by atoms with E-state index < -0.39 is 24.4 Å². The van der Waals surface area contributed by atoms with Crippen molar-refractivity contribution in [2.45, 2.75) is 24.2 Å². The molecular weight excluding hydrogens is 266 g/mol. The highest BCUT2D eigenvalue weighted by atomic mass is 16.5. The van der Waals surface area contributed by atoms with E-state index in [0.717, 1.165) is 0 Å². The Balaban J connectivity index is 2.01. The molecule has 1 aliphatic rings. The van der Waals surface area contributed by atoms with Crippen LogP contribution in [-0.2, 0) is 9.53 Å². The largest absolute Gasteiger partial charge is 0.393 e. The number of anilines is 1. The number of aliphatic hydroxyl groups is 2. The molecule has 1 aliphatic heterocycles. The van der Waals surface area contributed by atoms with Crippen molar-refractivity contribution in [3.8, 4) is 0 Å². The number of rotatable bonds is 3. The van der Waals surface area contributed by atoms with Crippen LogP contribution in [0.5, 0.6) is 0 Å². The van der Waals surface area contributed by atoms with E-state index in [4.69, 9.17) is 10.5 Å². The fourth-order valence-electron chi connectivity index (χ4n) is 2.33. The van der Waals surface area contributed by atoms with Gasteiger partial charge in [0, 0.05) is 6.42 Å². The van der Waals surface area contributed by atoms with Crippen LogP contribution in [0.4, 0.5) is 5.82 Å². The number of aldehydes is 1. The predicted octanol–water partition coefficient (Wildman–Crippen LogP) is -1.54. The smallest absolute Gasteiger partial charge is 0.196 e. The Hall–Kier alpha value is -2.10. The molecule has 0 aliphatic carbocycles. The molecule has 0 saturated carbocycles. The van der Waals surface area contributed by atoms with E-state index in [0.29, 0.717) is 17.6 Å². The van der Waals surface area contributed by atoms with Crippen molar-refractivity contribution < 1.29 is 19.7 Å². The van der Waals surface area contributed by atoms with E-state index in [2.05, 4.69) is 15.1 Å². The lowest BCUT2D eigenvalue weighted by Gasteiger charge is -2.22. The van der Waals surface area contributed by atoms with Crippen LogP contribution in [0.2, 0.25) is 0 Å². The SMILES string of the molecule is Nc1ncnn2c([C@H]3C[C@H](O)[C@@](C=O)(CO)O3)cnc12. The molecule has 1 fully saturated rings. The fourth-order valence-corrected chi connectivity index (χ4v) is 2.33. The summed E-state index contributed by atoms with van der Waals surface area (Å²) in [5.41, 5.74) is 4.98. The molecule has 2 aromatic heterocycles. The van der Waals surface area contributed by atoms with E-state index in [1.807, 2.05) is 0 Å². The maximum Gasteiger partial charge on any atom is 0.196 e. The van der Waals surface area contributed by atoms with E-state index in [-0.39, 0.29) is 12.2 Å². The van der Waals surface area contributed by atoms with Gasteiger partial charge in [0.25, 0.3) is 0 Å². The molecule has 20 heavy (non-hydrogen) atoms. The molecule has 9 nitrogen and oxygen atoms in total. The Morgan fingerprint density at radius 2 is 2.40 bits per heavy atom. The minimum atomic E-state index is -1.60. The summed E-state index contributed by atoms with van der Waals surface area (Å²) in [6, 6.07) is 0. The number of carbonyl (C=O) groups is 1. The summed E-state index contributed by atoms with van der Waals surface area (Å²) in [7, 11) is 0. The molecule has 3 heterocycles. The van der Waals surface area contributed by atoms with Crippen LogP contribution in [0, 0.1) is 0 Å². The summed E-state index contributed by atoms with van der Waals surface area (Å²) in [6.45, 7) is -0.595. The summed E-state index contributed by atoms with van der Waals surface area (Å²) >= 11 is 0. The van der Waals surface area contributed by atoms with Gasteiger partial charge in [0.05, 0.1) is 24.6 Å². The first kappa shape index (κ1) is 12.9. The Bertz CT molecular complexity index is 659. The number of ether oxygens (including phenoxy) is 1. The number of hydrogen-bond acceptors (Lipinski definition) is 8. The van der Waals surface area contributed by atoms with Crippen molar-refractivity contribution in [1.82, 2.24) is 19.6 Å². The topological polar surface area (TPSA) is 136 Å². The van der Waals surface area contributed by atoms with Gasteiger partial charge in [-0.15, -0.1) is 0 Å². The van der Waals surface area contributed by atoms with Gasteiger partial charge in [-0.05, 0) is 0 Å². The minimum absolute atomic E-state index is 0.150. The maximum absolute atomic E-state index is 11.1. The number of fused-ring (bicyclic) bond motifs is 1. The van der Waals surface area contributed by atoms with Gasteiger partial charge >= 0.3 is 0 Å². The lowest BCUT2D eigenvalue weighted by Crippen LogP contribution is -2.44. The summed E-state index contributed by atoms with van der Waals surface area (Å²) in [4.78, 5) is 19.0. The van der Waals surface area contributed by atoms with Crippen molar-refractivity contribution in [3.63, 3.8) is 0 Å². The molecule has 1 saturated heterocycles. The third-order valence-corrected chi connectivity index (χ3v) is 3.50. The summed E-state index contributed by atoms with van der Waals surface area (Å²) in [5.74, 6) is 0.216. The van der Waals surface area contributed by atoms with Crippen LogP contribution in [0.3, 0.4) is 0 Å². The first-order chi connectivity index (χ1) is 9.61. The highest BCUT2D eigenvalue weighted by molar-refractivity contribution is 5.65. The van der Waals surface area contributed by atoms with Crippen LogP contribution in [-0.4, -0.2) is 54.4 Å². The van der Waals surface area contributed by atoms with E-state index in [1.165, 1.54) is 17.0 Å². The molecule has 3 rings (SSSR count). The Kier molecular flexibility index (Phi) is 2.89. The molecule has 0 bridgehead atoms. The second kappa shape index (κ2) is 4.47. The van der Waals surface area contributed by atoms with Gasteiger partial charge in [-0.3, -0.25) is 4.79 Å². The third kappa shape index (κ3) is 1.68. The maximum atomic E-state index is 11.1. The highest BCUT2D eigenvalue weighted by Gasteiger charge is 2.49. The molecule has 9 heteroatoms. The summed E-state index contributed by atoms with van der Waals surface area (Å²) in [6.07, 6.45) is 1.63. The average Bonchev–Trinajstić information content (AvgIpc) is 3.01. The average molecular weight is 279 g/mol. The van der Waals surface area contributed by atoms with Crippen molar-refractivity contribution in [3.05, 3.63) is 18.2 Å². The van der Waals surface area contributed by atoms with Crippen LogP contribution in [0.25, 0.3) is 5.65 Å². The van der Waals surface area contributed by atoms with Crippen molar-refractivity contribution in [1.29, 1.82) is 0 Å². The second-order valence-corrected chi connectivity index (χ2v) is 4.65. The van der Waals surface area contributed by atoms with E-state index in [9.17, 15) is 15.0 Å². The molecule has 4 N–H and O–H groups in total. The number of carbonyl (C=O) groups excluding carboxylic acids is 1. The zero-order chi connectivity index (χ0) is 14.3. The third-order valence-electron chi connectivity index (χ3n) is 3.50. The van der Waals surface area contributed by atoms with Gasteiger partial charge in [-0.2, -0.15) is 5.10 Å². The number of imidazole rings is 1. The predicted molar refractivity (Wildman–Crippen MR) is 65.5 cm³/mol. The highest BCUT2D eigenvalue weighted by Crippen LogP contribution is 2.38. The van der Waals surface area contributed by atoms with Crippen molar-refractivity contribution >= 4 is 17.8 Å². The van der Waals surface area contributed by atoms with Gasteiger partial charge in [-0.1, -0.05) is 0 Å². The lowest BCUT2D eigenvalue weighted by atomic mass is 9.99. The van der Waals surface area contributed by atoms with Crippen LogP contribution in [0.1, 0.15) is 18.2 Å². The van der Waals surface area contributed by atoms with Gasteiger partial charge in [0.15, 0.2) is 23.4 Å². The van der Waals surface area contributed by atoms with Gasteiger partial charge in [0.2, 0.25) is 0 Å². The molecule has 0 unspecified atom stereocenters. The van der Waals surface area contributed by atoms with Crippen LogP contribution < -0.4 is 5.73 Å². The molecular formula is C11H13N5O4. The van der Waals surface area contributed by atoms with Crippen molar-refractivity contribution in [2.75, 3.05) is 12.3 Å². The van der Waals surface area contributed by atoms with Gasteiger partial charge < -0.3 is 20.7 Å². The monoisotopic (exact) mass is 279 g/mol. The Labute approximate surface area is 113 Å². The van der Waals surface area contributed by atoms with Gasteiger partial charge in [-0.25, -0.2) is 14.5 Å². The molecule has 0 radical (unpaired) electrons. The number of nitrogens with two attached hydrogens (primary N) is 1.